The van der Waals surface area contributed by atoms with Gasteiger partial charge in [0.15, 0.2) is 0 Å². The van der Waals surface area contributed by atoms with Crippen LogP contribution in [0.4, 0.5) is 5.69 Å². The van der Waals surface area contributed by atoms with Gasteiger partial charge in [0.25, 0.3) is 10.0 Å². The number of hydrogen-bond acceptors (Lipinski definition) is 3. The molecule has 0 unspecified atom stereocenters. The second-order valence-corrected chi connectivity index (χ2v) is 7.73. The standard InChI is InChI=1S/C18H19NO4S/c1-12-5-4-8-16(18(20)21)17(12)19-24(22,23)15-10-9-13-6-2-3-7-14(13)11-15/h4-5,8-11,19H,2-3,6-7H2,1H3,(H,20,21). The van der Waals surface area contributed by atoms with Crippen LogP contribution in [-0.2, 0) is 22.9 Å². The molecule has 24 heavy (non-hydrogen) atoms. The van der Waals surface area contributed by atoms with Crippen LogP contribution < -0.4 is 4.72 Å². The molecule has 0 aliphatic heterocycles. The van der Waals surface area contributed by atoms with E-state index in [-0.39, 0.29) is 16.1 Å². The number of aryl methyl sites for hydroxylation is 3. The van der Waals surface area contributed by atoms with Gasteiger partial charge in [-0.3, -0.25) is 4.72 Å². The zero-order valence-corrected chi connectivity index (χ0v) is 14.2. The van der Waals surface area contributed by atoms with E-state index in [2.05, 4.69) is 4.72 Å². The minimum absolute atomic E-state index is 0.0588. The third-order valence-corrected chi connectivity index (χ3v) is 5.72. The van der Waals surface area contributed by atoms with Gasteiger partial charge >= 0.3 is 5.97 Å². The molecule has 0 amide bonds. The molecule has 2 aromatic rings. The Hall–Kier alpha value is -2.34. The average molecular weight is 345 g/mol. The summed E-state index contributed by atoms with van der Waals surface area (Å²) in [5.41, 5.74) is 2.88. The van der Waals surface area contributed by atoms with Crippen molar-refractivity contribution in [1.29, 1.82) is 0 Å². The molecule has 126 valence electrons. The molecule has 0 radical (unpaired) electrons. The molecule has 5 nitrogen and oxygen atoms in total. The first-order valence-corrected chi connectivity index (χ1v) is 9.34. The molecule has 0 saturated heterocycles. The number of carbonyl (C=O) groups is 1. The molecule has 3 rings (SSSR count). The van der Waals surface area contributed by atoms with Crippen LogP contribution >= 0.6 is 0 Å². The monoisotopic (exact) mass is 345 g/mol. The number of anilines is 1. The fourth-order valence-corrected chi connectivity index (χ4v) is 4.25. The Bertz CT molecular complexity index is 903. The summed E-state index contributed by atoms with van der Waals surface area (Å²) >= 11 is 0. The third kappa shape index (κ3) is 3.14. The molecule has 0 heterocycles. The molecule has 0 bridgehead atoms. The van der Waals surface area contributed by atoms with Crippen molar-refractivity contribution in [3.8, 4) is 0 Å². The summed E-state index contributed by atoms with van der Waals surface area (Å²) in [6, 6.07) is 9.81. The van der Waals surface area contributed by atoms with Crippen LogP contribution in [-0.4, -0.2) is 19.5 Å². The molecular formula is C18H19NO4S. The van der Waals surface area contributed by atoms with Crippen molar-refractivity contribution in [2.75, 3.05) is 4.72 Å². The predicted octanol–water partition coefficient (Wildman–Crippen LogP) is 3.37. The summed E-state index contributed by atoms with van der Waals surface area (Å²) in [4.78, 5) is 11.5. The molecule has 0 fully saturated rings. The largest absolute Gasteiger partial charge is 0.478 e. The van der Waals surface area contributed by atoms with E-state index in [0.29, 0.717) is 5.56 Å². The van der Waals surface area contributed by atoms with E-state index in [1.54, 1.807) is 31.2 Å². The summed E-state index contributed by atoms with van der Waals surface area (Å²) < 4.78 is 27.9. The highest BCUT2D eigenvalue weighted by Gasteiger charge is 2.21. The first-order valence-electron chi connectivity index (χ1n) is 7.86. The van der Waals surface area contributed by atoms with Gasteiger partial charge in [0, 0.05) is 0 Å². The molecule has 0 spiro atoms. The summed E-state index contributed by atoms with van der Waals surface area (Å²) in [7, 11) is -3.84. The summed E-state index contributed by atoms with van der Waals surface area (Å²) in [5, 5.41) is 9.28. The number of rotatable bonds is 4. The van der Waals surface area contributed by atoms with E-state index in [4.69, 9.17) is 0 Å². The molecule has 0 saturated carbocycles. The van der Waals surface area contributed by atoms with Gasteiger partial charge in [0.05, 0.1) is 16.1 Å². The van der Waals surface area contributed by atoms with Gasteiger partial charge in [-0.05, 0) is 67.5 Å². The number of carboxylic acid groups (broad SMARTS) is 1. The number of aromatic carboxylic acids is 1. The van der Waals surface area contributed by atoms with E-state index in [9.17, 15) is 18.3 Å². The van der Waals surface area contributed by atoms with Crippen molar-refractivity contribution in [2.24, 2.45) is 0 Å². The topological polar surface area (TPSA) is 83.5 Å². The molecule has 2 N–H and O–H groups in total. The van der Waals surface area contributed by atoms with Crippen molar-refractivity contribution >= 4 is 21.7 Å². The lowest BCUT2D eigenvalue weighted by atomic mass is 9.92. The van der Waals surface area contributed by atoms with Crippen molar-refractivity contribution in [2.45, 2.75) is 37.5 Å². The van der Waals surface area contributed by atoms with Gasteiger partial charge in [-0.2, -0.15) is 0 Å². The summed E-state index contributed by atoms with van der Waals surface area (Å²) in [6.45, 7) is 1.68. The van der Waals surface area contributed by atoms with E-state index in [1.807, 2.05) is 6.07 Å². The zero-order chi connectivity index (χ0) is 17.3. The maximum atomic E-state index is 12.7. The number of sulfonamides is 1. The first-order chi connectivity index (χ1) is 11.4. The van der Waals surface area contributed by atoms with E-state index in [1.165, 1.54) is 11.6 Å². The summed E-state index contributed by atoms with van der Waals surface area (Å²) in [5.74, 6) is -1.16. The quantitative estimate of drug-likeness (QED) is 0.890. The van der Waals surface area contributed by atoms with Crippen LogP contribution in [0.5, 0.6) is 0 Å². The fourth-order valence-electron chi connectivity index (χ4n) is 3.05. The molecule has 0 atom stereocenters. The Balaban J connectivity index is 2.00. The van der Waals surface area contributed by atoms with E-state index >= 15 is 0 Å². The minimum atomic E-state index is -3.84. The Morgan fingerprint density at radius 2 is 1.79 bits per heavy atom. The second-order valence-electron chi connectivity index (χ2n) is 6.05. The van der Waals surface area contributed by atoms with Crippen LogP contribution in [0.15, 0.2) is 41.3 Å². The number of nitrogens with one attached hydrogen (secondary N) is 1. The van der Waals surface area contributed by atoms with Gasteiger partial charge in [-0.15, -0.1) is 0 Å². The van der Waals surface area contributed by atoms with Crippen LogP contribution in [0.25, 0.3) is 0 Å². The zero-order valence-electron chi connectivity index (χ0n) is 13.4. The molecule has 6 heteroatoms. The van der Waals surface area contributed by atoms with E-state index < -0.39 is 16.0 Å². The molecule has 1 aliphatic rings. The van der Waals surface area contributed by atoms with Crippen molar-refractivity contribution < 1.29 is 18.3 Å². The first kappa shape index (κ1) is 16.5. The number of hydrogen-bond donors (Lipinski definition) is 2. The van der Waals surface area contributed by atoms with Gasteiger partial charge < -0.3 is 5.11 Å². The van der Waals surface area contributed by atoms with Crippen molar-refractivity contribution in [3.05, 3.63) is 58.7 Å². The Kier molecular flexibility index (Phi) is 4.32. The molecular weight excluding hydrogens is 326 g/mol. The number of para-hydroxylation sites is 1. The number of carboxylic acids is 1. The van der Waals surface area contributed by atoms with Crippen LogP contribution in [0, 0.1) is 6.92 Å². The number of benzene rings is 2. The summed E-state index contributed by atoms with van der Waals surface area (Å²) in [6.07, 6.45) is 4.04. The smallest absolute Gasteiger partial charge is 0.337 e. The average Bonchev–Trinajstić information content (AvgIpc) is 2.56. The van der Waals surface area contributed by atoms with Crippen LogP contribution in [0.3, 0.4) is 0 Å². The van der Waals surface area contributed by atoms with Crippen molar-refractivity contribution in [3.63, 3.8) is 0 Å². The molecule has 2 aromatic carbocycles. The SMILES string of the molecule is Cc1cccc(C(=O)O)c1NS(=O)(=O)c1ccc2c(c1)CCCC2. The highest BCUT2D eigenvalue weighted by molar-refractivity contribution is 7.92. The highest BCUT2D eigenvalue weighted by atomic mass is 32.2. The lowest BCUT2D eigenvalue weighted by Crippen LogP contribution is -2.17. The molecule has 1 aliphatic carbocycles. The highest BCUT2D eigenvalue weighted by Crippen LogP contribution is 2.27. The van der Waals surface area contributed by atoms with E-state index in [0.717, 1.165) is 31.2 Å². The number of fused-ring (bicyclic) bond motifs is 1. The maximum Gasteiger partial charge on any atom is 0.337 e. The van der Waals surface area contributed by atoms with Gasteiger partial charge in [-0.25, -0.2) is 13.2 Å². The third-order valence-electron chi connectivity index (χ3n) is 4.37. The predicted molar refractivity (Wildman–Crippen MR) is 92.0 cm³/mol. The van der Waals surface area contributed by atoms with Gasteiger partial charge in [-0.1, -0.05) is 18.2 Å². The second kappa shape index (κ2) is 6.28. The maximum absolute atomic E-state index is 12.7. The fraction of sp³-hybridized carbons (Fsp3) is 0.278. The van der Waals surface area contributed by atoms with Crippen LogP contribution in [0.2, 0.25) is 0 Å². The van der Waals surface area contributed by atoms with Crippen molar-refractivity contribution in [1.82, 2.24) is 0 Å². The minimum Gasteiger partial charge on any atom is -0.478 e. The Morgan fingerprint density at radius 1 is 1.08 bits per heavy atom. The lowest BCUT2D eigenvalue weighted by molar-refractivity contribution is 0.0698. The lowest BCUT2D eigenvalue weighted by Gasteiger charge is -2.18. The molecule has 0 aromatic heterocycles. The Labute approximate surface area is 141 Å². The Morgan fingerprint density at radius 3 is 2.50 bits per heavy atom. The van der Waals surface area contributed by atoms with Gasteiger partial charge in [0.1, 0.15) is 0 Å². The van der Waals surface area contributed by atoms with Crippen LogP contribution in [0.1, 0.15) is 39.9 Å². The van der Waals surface area contributed by atoms with Gasteiger partial charge in [0.2, 0.25) is 0 Å². The normalized spacial score (nSPS) is 14.0.